The molecule has 2 nitrogen and oxygen atoms in total. The van der Waals surface area contributed by atoms with Crippen molar-refractivity contribution in [1.29, 1.82) is 0 Å². The molecule has 0 heterocycles. The van der Waals surface area contributed by atoms with E-state index in [2.05, 4.69) is 0 Å². The molecule has 0 fully saturated rings. The summed E-state index contributed by atoms with van der Waals surface area (Å²) in [5, 5.41) is 18.5. The van der Waals surface area contributed by atoms with Gasteiger partial charge >= 0.3 is 0 Å². The summed E-state index contributed by atoms with van der Waals surface area (Å²) in [5.74, 6) is 0.340. The fourth-order valence-electron chi connectivity index (χ4n) is 0.928. The van der Waals surface area contributed by atoms with Crippen LogP contribution in [0.15, 0.2) is 48.5 Å². The smallest absolute Gasteiger partial charge is 0.134 e. The van der Waals surface area contributed by atoms with E-state index in [1.165, 1.54) is 6.07 Å². The van der Waals surface area contributed by atoms with Crippen LogP contribution < -0.4 is 0 Å². The molecule has 0 spiro atoms. The molecular weight excluding hydrogens is 247 g/mol. The lowest BCUT2D eigenvalue weighted by atomic mass is 10.3. The van der Waals surface area contributed by atoms with E-state index >= 15 is 0 Å². The fourth-order valence-corrected chi connectivity index (χ4v) is 1.25. The van der Waals surface area contributed by atoms with E-state index in [-0.39, 0.29) is 11.5 Å². The molecule has 0 atom stereocenters. The van der Waals surface area contributed by atoms with E-state index < -0.39 is 0 Å². The van der Waals surface area contributed by atoms with Crippen LogP contribution in [0.1, 0.15) is 0 Å². The minimum atomic E-state index is 0.133. The third-order valence-electron chi connectivity index (χ3n) is 1.66. The first-order chi connectivity index (χ1) is 7.59. The van der Waals surface area contributed by atoms with E-state index in [4.69, 9.17) is 33.4 Å². The first-order valence-electron chi connectivity index (χ1n) is 4.47. The number of aromatic hydroxyl groups is 2. The molecule has 0 aromatic heterocycles. The van der Waals surface area contributed by atoms with Crippen LogP contribution >= 0.6 is 23.2 Å². The maximum atomic E-state index is 8.79. The monoisotopic (exact) mass is 256 g/mol. The van der Waals surface area contributed by atoms with Crippen molar-refractivity contribution in [3.8, 4) is 11.5 Å². The van der Waals surface area contributed by atoms with Crippen molar-refractivity contribution < 1.29 is 10.2 Å². The van der Waals surface area contributed by atoms with Gasteiger partial charge in [-0.1, -0.05) is 41.4 Å². The van der Waals surface area contributed by atoms with E-state index in [1.54, 1.807) is 42.5 Å². The van der Waals surface area contributed by atoms with Crippen molar-refractivity contribution in [3.05, 3.63) is 58.6 Å². The number of benzene rings is 2. The lowest BCUT2D eigenvalue weighted by molar-refractivity contribution is 0.475. The summed E-state index contributed by atoms with van der Waals surface area (Å²) in [6.07, 6.45) is 0. The van der Waals surface area contributed by atoms with E-state index in [0.29, 0.717) is 10.0 Å². The zero-order valence-electron chi connectivity index (χ0n) is 8.27. The molecule has 16 heavy (non-hydrogen) atoms. The fraction of sp³-hybridized carbons (Fsp3) is 0. The molecule has 0 aliphatic rings. The van der Waals surface area contributed by atoms with Crippen molar-refractivity contribution in [2.75, 3.05) is 0 Å². The summed E-state index contributed by atoms with van der Waals surface area (Å²) in [4.78, 5) is 0. The molecular formula is C12H10Cl2O2. The van der Waals surface area contributed by atoms with Gasteiger partial charge in [0.1, 0.15) is 11.5 Å². The number of para-hydroxylation sites is 1. The van der Waals surface area contributed by atoms with Crippen LogP contribution in [-0.2, 0) is 0 Å². The van der Waals surface area contributed by atoms with E-state index in [0.717, 1.165) is 0 Å². The van der Waals surface area contributed by atoms with Crippen LogP contribution in [0.3, 0.4) is 0 Å². The van der Waals surface area contributed by atoms with Crippen LogP contribution in [0.4, 0.5) is 0 Å². The Kier molecular flexibility index (Phi) is 4.96. The molecule has 2 aromatic carbocycles. The minimum absolute atomic E-state index is 0.133. The minimum Gasteiger partial charge on any atom is -0.508 e. The Hall–Kier alpha value is -1.38. The molecule has 0 unspecified atom stereocenters. The van der Waals surface area contributed by atoms with Gasteiger partial charge in [0, 0.05) is 5.02 Å². The summed E-state index contributed by atoms with van der Waals surface area (Å²) in [5.41, 5.74) is 0. The summed E-state index contributed by atoms with van der Waals surface area (Å²) < 4.78 is 0. The summed E-state index contributed by atoms with van der Waals surface area (Å²) in [6, 6.07) is 13.1. The van der Waals surface area contributed by atoms with Gasteiger partial charge < -0.3 is 10.2 Å². The van der Waals surface area contributed by atoms with E-state index in [1.807, 2.05) is 0 Å². The standard InChI is InChI=1S/2C6H5ClO/c7-5-2-1-3-6(8)4-5;7-5-3-1-2-4-6(5)8/h2*1-4,8H. The number of hydrogen-bond donors (Lipinski definition) is 2. The summed E-state index contributed by atoms with van der Waals surface area (Å²) in [7, 11) is 0. The van der Waals surface area contributed by atoms with Crippen LogP contribution in [0.5, 0.6) is 11.5 Å². The molecule has 2 aromatic rings. The molecule has 0 aliphatic heterocycles. The predicted octanol–water partition coefficient (Wildman–Crippen LogP) is 4.09. The Morgan fingerprint density at radius 2 is 1.50 bits per heavy atom. The topological polar surface area (TPSA) is 40.5 Å². The molecule has 0 bridgehead atoms. The molecule has 4 heteroatoms. The van der Waals surface area contributed by atoms with Crippen molar-refractivity contribution in [2.45, 2.75) is 0 Å². The highest BCUT2D eigenvalue weighted by Gasteiger charge is 1.89. The Bertz CT molecular complexity index is 420. The SMILES string of the molecule is Oc1cccc(Cl)c1.Oc1ccccc1Cl. The quantitative estimate of drug-likeness (QED) is 0.746. The van der Waals surface area contributed by atoms with Gasteiger partial charge in [0.2, 0.25) is 0 Å². The highest BCUT2D eigenvalue weighted by Crippen LogP contribution is 2.20. The molecule has 0 saturated carbocycles. The second-order valence-electron chi connectivity index (χ2n) is 2.93. The largest absolute Gasteiger partial charge is 0.508 e. The summed E-state index contributed by atoms with van der Waals surface area (Å²) >= 11 is 10.9. The van der Waals surface area contributed by atoms with Gasteiger partial charge in [0.15, 0.2) is 0 Å². The van der Waals surface area contributed by atoms with Crippen LogP contribution in [0.25, 0.3) is 0 Å². The van der Waals surface area contributed by atoms with Gasteiger partial charge in [0.25, 0.3) is 0 Å². The molecule has 0 amide bonds. The van der Waals surface area contributed by atoms with Crippen molar-refractivity contribution >= 4 is 23.2 Å². The van der Waals surface area contributed by atoms with Crippen molar-refractivity contribution in [1.82, 2.24) is 0 Å². The number of hydrogen-bond acceptors (Lipinski definition) is 2. The highest BCUT2D eigenvalue weighted by molar-refractivity contribution is 6.32. The van der Waals surface area contributed by atoms with Crippen LogP contribution in [-0.4, -0.2) is 10.2 Å². The lowest BCUT2D eigenvalue weighted by Gasteiger charge is -1.89. The molecule has 2 N–H and O–H groups in total. The second-order valence-corrected chi connectivity index (χ2v) is 3.77. The average Bonchev–Trinajstić information content (AvgIpc) is 2.23. The number of rotatable bonds is 0. The van der Waals surface area contributed by atoms with Gasteiger partial charge in [-0.25, -0.2) is 0 Å². The van der Waals surface area contributed by atoms with Crippen molar-refractivity contribution in [2.24, 2.45) is 0 Å². The zero-order chi connectivity index (χ0) is 12.0. The van der Waals surface area contributed by atoms with Gasteiger partial charge in [-0.3, -0.25) is 0 Å². The van der Waals surface area contributed by atoms with Gasteiger partial charge in [0.05, 0.1) is 5.02 Å². The van der Waals surface area contributed by atoms with Gasteiger partial charge in [-0.2, -0.15) is 0 Å². The normalized spacial score (nSPS) is 9.12. The molecule has 0 aliphatic carbocycles. The van der Waals surface area contributed by atoms with Crippen LogP contribution in [0, 0.1) is 0 Å². The molecule has 84 valence electrons. The Morgan fingerprint density at radius 1 is 0.812 bits per heavy atom. The molecule has 2 rings (SSSR count). The Labute approximate surface area is 104 Å². The maximum Gasteiger partial charge on any atom is 0.134 e. The predicted molar refractivity (Wildman–Crippen MR) is 66.2 cm³/mol. The summed E-state index contributed by atoms with van der Waals surface area (Å²) in [6.45, 7) is 0. The molecule has 0 saturated heterocycles. The third kappa shape index (κ3) is 4.43. The Morgan fingerprint density at radius 3 is 1.88 bits per heavy atom. The first-order valence-corrected chi connectivity index (χ1v) is 5.23. The third-order valence-corrected chi connectivity index (χ3v) is 2.22. The number of halogens is 2. The lowest BCUT2D eigenvalue weighted by Crippen LogP contribution is -1.62. The second kappa shape index (κ2) is 6.26. The van der Waals surface area contributed by atoms with Crippen molar-refractivity contribution in [3.63, 3.8) is 0 Å². The number of phenolic OH excluding ortho intramolecular Hbond substituents is 2. The molecule has 0 radical (unpaired) electrons. The number of phenols is 2. The average molecular weight is 257 g/mol. The zero-order valence-corrected chi connectivity index (χ0v) is 9.78. The van der Waals surface area contributed by atoms with E-state index in [9.17, 15) is 0 Å². The van der Waals surface area contributed by atoms with Gasteiger partial charge in [-0.05, 0) is 30.3 Å². The van der Waals surface area contributed by atoms with Crippen LogP contribution in [0.2, 0.25) is 10.0 Å². The van der Waals surface area contributed by atoms with Gasteiger partial charge in [-0.15, -0.1) is 0 Å². The Balaban J connectivity index is 0.000000160. The first kappa shape index (κ1) is 12.7. The maximum absolute atomic E-state index is 8.79. The highest BCUT2D eigenvalue weighted by atomic mass is 35.5.